The van der Waals surface area contributed by atoms with Crippen LogP contribution in [-0.2, 0) is 7.05 Å². The molecule has 6 heteroatoms. The summed E-state index contributed by atoms with van der Waals surface area (Å²) in [5.74, 6) is 0.639. The zero-order chi connectivity index (χ0) is 15.8. The van der Waals surface area contributed by atoms with E-state index in [0.29, 0.717) is 5.95 Å². The second kappa shape index (κ2) is 6.37. The summed E-state index contributed by atoms with van der Waals surface area (Å²) < 4.78 is 2.18. The number of aryl methyl sites for hydroxylation is 1. The maximum absolute atomic E-state index is 4.45. The Bertz CT molecular complexity index is 995. The SMILES string of the molecule is Cc1c(C=NNc2nc3ccccc3[nH]2)c2ccccc2n1C.Cl. The van der Waals surface area contributed by atoms with Crippen molar-refractivity contribution in [2.45, 2.75) is 6.92 Å². The smallest absolute Gasteiger partial charge is 0.222 e. The van der Waals surface area contributed by atoms with Crippen LogP contribution in [-0.4, -0.2) is 20.7 Å². The van der Waals surface area contributed by atoms with Gasteiger partial charge in [-0.05, 0) is 25.1 Å². The average molecular weight is 340 g/mol. The fourth-order valence-electron chi connectivity index (χ4n) is 2.88. The molecule has 2 N–H and O–H groups in total. The van der Waals surface area contributed by atoms with Crippen LogP contribution in [0.25, 0.3) is 21.9 Å². The topological polar surface area (TPSA) is 58.0 Å². The number of halogens is 1. The quantitative estimate of drug-likeness (QED) is 0.433. The van der Waals surface area contributed by atoms with Crippen LogP contribution in [0.1, 0.15) is 11.3 Å². The van der Waals surface area contributed by atoms with Crippen molar-refractivity contribution in [1.29, 1.82) is 0 Å². The molecule has 4 rings (SSSR count). The van der Waals surface area contributed by atoms with Crippen LogP contribution >= 0.6 is 12.4 Å². The van der Waals surface area contributed by atoms with E-state index in [9.17, 15) is 0 Å². The number of imidazole rings is 1. The van der Waals surface area contributed by atoms with E-state index in [0.717, 1.165) is 16.6 Å². The normalized spacial score (nSPS) is 11.2. The van der Waals surface area contributed by atoms with E-state index in [1.54, 1.807) is 0 Å². The van der Waals surface area contributed by atoms with Crippen molar-refractivity contribution in [3.8, 4) is 0 Å². The molecule has 0 aliphatic carbocycles. The predicted molar refractivity (Wildman–Crippen MR) is 102 cm³/mol. The number of hydrogen-bond donors (Lipinski definition) is 2. The van der Waals surface area contributed by atoms with E-state index in [4.69, 9.17) is 0 Å². The van der Waals surface area contributed by atoms with Crippen molar-refractivity contribution in [2.75, 3.05) is 5.43 Å². The maximum atomic E-state index is 4.45. The highest BCUT2D eigenvalue weighted by Crippen LogP contribution is 2.23. The Kier molecular flexibility index (Phi) is 4.27. The molecule has 4 aromatic rings. The van der Waals surface area contributed by atoms with Gasteiger partial charge in [-0.3, -0.25) is 0 Å². The van der Waals surface area contributed by atoms with Crippen molar-refractivity contribution in [3.63, 3.8) is 0 Å². The molecule has 2 aromatic heterocycles. The number of nitrogens with zero attached hydrogens (tertiary/aromatic N) is 3. The Morgan fingerprint density at radius 3 is 2.71 bits per heavy atom. The fraction of sp³-hybridized carbons (Fsp3) is 0.111. The van der Waals surface area contributed by atoms with Crippen LogP contribution in [0.4, 0.5) is 5.95 Å². The third kappa shape index (κ3) is 2.63. The zero-order valence-corrected chi connectivity index (χ0v) is 14.3. The minimum absolute atomic E-state index is 0. The van der Waals surface area contributed by atoms with E-state index in [1.807, 2.05) is 36.5 Å². The second-order valence-corrected chi connectivity index (χ2v) is 5.55. The monoisotopic (exact) mass is 339 g/mol. The minimum Gasteiger partial charge on any atom is -0.347 e. The molecule has 0 atom stereocenters. The molecular weight excluding hydrogens is 322 g/mol. The van der Waals surface area contributed by atoms with Gasteiger partial charge in [0.05, 0.1) is 17.2 Å². The Balaban J connectivity index is 0.00000169. The molecule has 0 bridgehead atoms. The molecule has 0 aliphatic rings. The molecule has 0 radical (unpaired) electrons. The lowest BCUT2D eigenvalue weighted by Crippen LogP contribution is -1.95. The summed E-state index contributed by atoms with van der Waals surface area (Å²) in [6.07, 6.45) is 1.85. The lowest BCUT2D eigenvalue weighted by atomic mass is 10.1. The average Bonchev–Trinajstić information content (AvgIpc) is 3.09. The van der Waals surface area contributed by atoms with Gasteiger partial charge in [0.2, 0.25) is 5.95 Å². The zero-order valence-electron chi connectivity index (χ0n) is 13.4. The number of benzene rings is 2. The van der Waals surface area contributed by atoms with Crippen molar-refractivity contribution >= 4 is 46.5 Å². The molecular formula is C18H18ClN5. The molecule has 24 heavy (non-hydrogen) atoms. The van der Waals surface area contributed by atoms with Crippen LogP contribution in [0.15, 0.2) is 53.6 Å². The van der Waals surface area contributed by atoms with Gasteiger partial charge in [-0.2, -0.15) is 5.10 Å². The summed E-state index contributed by atoms with van der Waals surface area (Å²) in [7, 11) is 2.07. The van der Waals surface area contributed by atoms with Gasteiger partial charge in [-0.1, -0.05) is 30.3 Å². The van der Waals surface area contributed by atoms with E-state index < -0.39 is 0 Å². The van der Waals surface area contributed by atoms with Gasteiger partial charge in [0, 0.05) is 29.2 Å². The Labute approximate surface area is 145 Å². The lowest BCUT2D eigenvalue weighted by molar-refractivity contribution is 0.916. The molecule has 0 saturated heterocycles. The summed E-state index contributed by atoms with van der Waals surface area (Å²) >= 11 is 0. The molecule has 0 fully saturated rings. The second-order valence-electron chi connectivity index (χ2n) is 5.55. The third-order valence-electron chi connectivity index (χ3n) is 4.20. The fourth-order valence-corrected chi connectivity index (χ4v) is 2.88. The Morgan fingerprint density at radius 1 is 1.12 bits per heavy atom. The summed E-state index contributed by atoms with van der Waals surface area (Å²) in [5, 5.41) is 5.55. The number of fused-ring (bicyclic) bond motifs is 2. The van der Waals surface area contributed by atoms with E-state index in [2.05, 4.69) is 57.2 Å². The number of aromatic nitrogens is 3. The first-order valence-corrected chi connectivity index (χ1v) is 7.52. The molecule has 0 aliphatic heterocycles. The van der Waals surface area contributed by atoms with Crippen molar-refractivity contribution in [3.05, 3.63) is 59.8 Å². The first kappa shape index (κ1) is 16.1. The summed E-state index contributed by atoms with van der Waals surface area (Å²) in [6, 6.07) is 16.2. The molecule has 0 spiro atoms. The van der Waals surface area contributed by atoms with Gasteiger partial charge < -0.3 is 9.55 Å². The van der Waals surface area contributed by atoms with Crippen LogP contribution in [0.2, 0.25) is 0 Å². The number of anilines is 1. The van der Waals surface area contributed by atoms with Crippen molar-refractivity contribution < 1.29 is 0 Å². The number of H-pyrrole nitrogens is 1. The van der Waals surface area contributed by atoms with Gasteiger partial charge in [0.1, 0.15) is 0 Å². The molecule has 0 saturated carbocycles. The molecule has 122 valence electrons. The first-order chi connectivity index (χ1) is 11.2. The number of nitrogens with one attached hydrogen (secondary N) is 2. The van der Waals surface area contributed by atoms with Crippen LogP contribution < -0.4 is 5.43 Å². The lowest BCUT2D eigenvalue weighted by Gasteiger charge is -1.97. The Morgan fingerprint density at radius 2 is 1.88 bits per heavy atom. The highest BCUT2D eigenvalue weighted by Gasteiger charge is 2.09. The number of rotatable bonds is 3. The van der Waals surface area contributed by atoms with Gasteiger partial charge >= 0.3 is 0 Å². The van der Waals surface area contributed by atoms with Crippen molar-refractivity contribution in [2.24, 2.45) is 12.1 Å². The van der Waals surface area contributed by atoms with E-state index in [-0.39, 0.29) is 12.4 Å². The number of aromatic amines is 1. The molecule has 0 amide bonds. The van der Waals surface area contributed by atoms with Crippen LogP contribution in [0, 0.1) is 6.92 Å². The summed E-state index contributed by atoms with van der Waals surface area (Å²) in [4.78, 5) is 7.65. The maximum Gasteiger partial charge on any atom is 0.222 e. The highest BCUT2D eigenvalue weighted by molar-refractivity contribution is 6.01. The summed E-state index contributed by atoms with van der Waals surface area (Å²) in [6.45, 7) is 2.10. The largest absolute Gasteiger partial charge is 0.347 e. The highest BCUT2D eigenvalue weighted by atomic mass is 35.5. The van der Waals surface area contributed by atoms with Gasteiger partial charge in [-0.15, -0.1) is 12.4 Å². The van der Waals surface area contributed by atoms with E-state index in [1.165, 1.54) is 16.6 Å². The molecule has 5 nitrogen and oxygen atoms in total. The van der Waals surface area contributed by atoms with Crippen molar-refractivity contribution in [1.82, 2.24) is 14.5 Å². The van der Waals surface area contributed by atoms with Gasteiger partial charge in [-0.25, -0.2) is 10.4 Å². The van der Waals surface area contributed by atoms with Gasteiger partial charge in [0.25, 0.3) is 0 Å². The molecule has 0 unspecified atom stereocenters. The molecule has 2 heterocycles. The molecule has 2 aromatic carbocycles. The number of hydrazone groups is 1. The van der Waals surface area contributed by atoms with Gasteiger partial charge in [0.15, 0.2) is 0 Å². The minimum atomic E-state index is 0. The Hall–Kier alpha value is -2.79. The van der Waals surface area contributed by atoms with Crippen LogP contribution in [0.3, 0.4) is 0 Å². The van der Waals surface area contributed by atoms with Crippen LogP contribution in [0.5, 0.6) is 0 Å². The third-order valence-corrected chi connectivity index (χ3v) is 4.20. The predicted octanol–water partition coefficient (Wildman–Crippen LogP) is 4.23. The first-order valence-electron chi connectivity index (χ1n) is 7.52. The summed E-state index contributed by atoms with van der Waals surface area (Å²) in [5.41, 5.74) is 8.40. The standard InChI is InChI=1S/C18H17N5.ClH/c1-12-14(13-7-3-6-10-17(13)23(12)2)11-19-22-18-20-15-8-4-5-9-16(15)21-18;/h3-11H,1-2H3,(H2,20,21,22);1H. The number of para-hydroxylation sites is 3. The van der Waals surface area contributed by atoms with E-state index >= 15 is 0 Å². The number of hydrogen-bond acceptors (Lipinski definition) is 3.